The Bertz CT molecular complexity index is 574. The Morgan fingerprint density at radius 1 is 1.12 bits per heavy atom. The molecule has 1 aromatic rings. The highest BCUT2D eigenvalue weighted by atomic mass is 19.4. The van der Waals surface area contributed by atoms with E-state index in [-0.39, 0.29) is 11.7 Å². The third kappa shape index (κ3) is 8.83. The van der Waals surface area contributed by atoms with Gasteiger partial charge in [-0.25, -0.2) is 4.79 Å². The Morgan fingerprint density at radius 3 is 2.24 bits per heavy atom. The van der Waals surface area contributed by atoms with Crippen LogP contribution < -0.4 is 20.7 Å². The van der Waals surface area contributed by atoms with E-state index in [1.165, 1.54) is 24.3 Å². The maximum atomic E-state index is 12.1. The van der Waals surface area contributed by atoms with Gasteiger partial charge < -0.3 is 15.4 Å². The number of alkyl halides is 3. The molecule has 1 unspecified atom stereocenters. The Labute approximate surface area is 144 Å². The first-order chi connectivity index (χ1) is 11.6. The predicted molar refractivity (Wildman–Crippen MR) is 87.5 cm³/mol. The summed E-state index contributed by atoms with van der Waals surface area (Å²) in [6, 6.07) is 4.38. The summed E-state index contributed by atoms with van der Waals surface area (Å²) in [6.45, 7) is 4.48. The molecular weight excluding hydrogens is 339 g/mol. The number of amides is 3. The fourth-order valence-electron chi connectivity index (χ4n) is 1.69. The molecule has 0 aliphatic carbocycles. The Kier molecular flexibility index (Phi) is 7.53. The van der Waals surface area contributed by atoms with Crippen LogP contribution in [0.25, 0.3) is 0 Å². The molecule has 1 aromatic carbocycles. The molecule has 140 valence electrons. The van der Waals surface area contributed by atoms with Crippen molar-refractivity contribution in [2.24, 2.45) is 5.92 Å². The maximum absolute atomic E-state index is 12.1. The van der Waals surface area contributed by atoms with Gasteiger partial charge in [-0.1, -0.05) is 13.8 Å². The summed E-state index contributed by atoms with van der Waals surface area (Å²) < 4.78 is 40.8. The van der Waals surface area contributed by atoms with E-state index in [4.69, 9.17) is 0 Å². The van der Waals surface area contributed by atoms with Crippen LogP contribution in [0.2, 0.25) is 0 Å². The Morgan fingerprint density at radius 2 is 1.72 bits per heavy atom. The average molecular weight is 361 g/mol. The maximum Gasteiger partial charge on any atom is 0.422 e. The van der Waals surface area contributed by atoms with Crippen LogP contribution in [0, 0.1) is 5.92 Å². The summed E-state index contributed by atoms with van der Waals surface area (Å²) in [5.41, 5.74) is 0.504. The second-order valence-electron chi connectivity index (χ2n) is 5.89. The van der Waals surface area contributed by atoms with Crippen LogP contribution in [0.3, 0.4) is 0 Å². The molecule has 0 heterocycles. The number of urea groups is 1. The van der Waals surface area contributed by atoms with Crippen LogP contribution in [-0.4, -0.2) is 37.3 Å². The molecular formula is C16H22F3N3O3. The molecule has 0 spiro atoms. The first kappa shape index (κ1) is 20.6. The SMILES string of the molecule is CC(C)CNC(=O)NC(=O)C(C)Nc1ccc(OCC(F)(F)F)cc1. The minimum atomic E-state index is -4.40. The van der Waals surface area contributed by atoms with E-state index in [9.17, 15) is 22.8 Å². The Hall–Kier alpha value is -2.45. The van der Waals surface area contributed by atoms with Gasteiger partial charge >= 0.3 is 12.2 Å². The number of halogens is 3. The van der Waals surface area contributed by atoms with E-state index in [2.05, 4.69) is 20.7 Å². The fourth-order valence-corrected chi connectivity index (χ4v) is 1.69. The quantitative estimate of drug-likeness (QED) is 0.698. The summed E-state index contributed by atoms with van der Waals surface area (Å²) >= 11 is 0. The molecule has 3 amide bonds. The highest BCUT2D eigenvalue weighted by Gasteiger charge is 2.28. The van der Waals surface area contributed by atoms with Crippen molar-refractivity contribution in [3.63, 3.8) is 0 Å². The highest BCUT2D eigenvalue weighted by molar-refractivity contribution is 5.97. The number of ether oxygens (including phenoxy) is 1. The van der Waals surface area contributed by atoms with Crippen LogP contribution in [0.4, 0.5) is 23.7 Å². The molecule has 0 saturated heterocycles. The number of imide groups is 1. The second-order valence-corrected chi connectivity index (χ2v) is 5.89. The van der Waals surface area contributed by atoms with Crippen molar-refractivity contribution in [3.8, 4) is 5.75 Å². The van der Waals surface area contributed by atoms with Crippen molar-refractivity contribution in [3.05, 3.63) is 24.3 Å². The fraction of sp³-hybridized carbons (Fsp3) is 0.500. The lowest BCUT2D eigenvalue weighted by Gasteiger charge is -2.16. The molecule has 25 heavy (non-hydrogen) atoms. The van der Waals surface area contributed by atoms with E-state index in [0.29, 0.717) is 12.2 Å². The monoisotopic (exact) mass is 361 g/mol. The lowest BCUT2D eigenvalue weighted by atomic mass is 10.2. The summed E-state index contributed by atoms with van der Waals surface area (Å²) in [7, 11) is 0. The zero-order valence-corrected chi connectivity index (χ0v) is 14.2. The number of hydrogen-bond acceptors (Lipinski definition) is 4. The largest absolute Gasteiger partial charge is 0.484 e. The minimum absolute atomic E-state index is 0.0630. The smallest absolute Gasteiger partial charge is 0.422 e. The molecule has 3 N–H and O–H groups in total. The summed E-state index contributed by atoms with van der Waals surface area (Å²) in [6.07, 6.45) is -4.40. The topological polar surface area (TPSA) is 79.5 Å². The molecule has 0 bridgehead atoms. The van der Waals surface area contributed by atoms with Gasteiger partial charge in [0, 0.05) is 12.2 Å². The van der Waals surface area contributed by atoms with E-state index in [1.807, 2.05) is 13.8 Å². The minimum Gasteiger partial charge on any atom is -0.484 e. The molecule has 0 fully saturated rings. The van der Waals surface area contributed by atoms with Crippen LogP contribution in [0.15, 0.2) is 24.3 Å². The van der Waals surface area contributed by atoms with Crippen LogP contribution in [0.1, 0.15) is 20.8 Å². The molecule has 0 radical (unpaired) electrons. The number of carbonyl (C=O) groups excluding carboxylic acids is 2. The van der Waals surface area contributed by atoms with E-state index >= 15 is 0 Å². The summed E-state index contributed by atoms with van der Waals surface area (Å²) in [5, 5.41) is 7.60. The molecule has 6 nitrogen and oxygen atoms in total. The van der Waals surface area contributed by atoms with E-state index in [0.717, 1.165) is 0 Å². The first-order valence-electron chi connectivity index (χ1n) is 7.71. The van der Waals surface area contributed by atoms with E-state index in [1.54, 1.807) is 6.92 Å². The molecule has 0 saturated carbocycles. The van der Waals surface area contributed by atoms with Crippen molar-refractivity contribution < 1.29 is 27.5 Å². The van der Waals surface area contributed by atoms with Crippen molar-refractivity contribution in [2.75, 3.05) is 18.5 Å². The van der Waals surface area contributed by atoms with Gasteiger partial charge in [-0.05, 0) is 37.1 Å². The van der Waals surface area contributed by atoms with Gasteiger partial charge in [-0.15, -0.1) is 0 Å². The van der Waals surface area contributed by atoms with Gasteiger partial charge in [0.25, 0.3) is 0 Å². The summed E-state index contributed by atoms with van der Waals surface area (Å²) in [4.78, 5) is 23.4. The third-order valence-electron chi connectivity index (χ3n) is 2.94. The molecule has 1 rings (SSSR count). The van der Waals surface area contributed by atoms with Crippen LogP contribution in [-0.2, 0) is 4.79 Å². The van der Waals surface area contributed by atoms with Gasteiger partial charge in [-0.2, -0.15) is 13.2 Å². The first-order valence-corrected chi connectivity index (χ1v) is 7.71. The normalized spacial score (nSPS) is 12.4. The highest BCUT2D eigenvalue weighted by Crippen LogP contribution is 2.20. The zero-order chi connectivity index (χ0) is 19.0. The van der Waals surface area contributed by atoms with Gasteiger partial charge in [0.15, 0.2) is 6.61 Å². The van der Waals surface area contributed by atoms with Crippen LogP contribution in [0.5, 0.6) is 5.75 Å². The van der Waals surface area contributed by atoms with Crippen molar-refractivity contribution in [1.82, 2.24) is 10.6 Å². The molecule has 0 aliphatic heterocycles. The van der Waals surface area contributed by atoms with E-state index < -0.39 is 30.8 Å². The predicted octanol–water partition coefficient (Wildman–Crippen LogP) is 2.91. The zero-order valence-electron chi connectivity index (χ0n) is 14.2. The van der Waals surface area contributed by atoms with Gasteiger partial charge in [0.2, 0.25) is 5.91 Å². The molecule has 0 aromatic heterocycles. The Balaban J connectivity index is 2.46. The lowest BCUT2D eigenvalue weighted by molar-refractivity contribution is -0.153. The average Bonchev–Trinajstić information content (AvgIpc) is 2.51. The number of carbonyl (C=O) groups is 2. The molecule has 9 heteroatoms. The standard InChI is InChI=1S/C16H22F3N3O3/c1-10(2)8-20-15(24)22-14(23)11(3)21-12-4-6-13(7-5-12)25-9-16(17,18)19/h4-7,10-11,21H,8-9H2,1-3H3,(H2,20,22,23,24). The number of benzene rings is 1. The number of rotatable bonds is 7. The lowest BCUT2D eigenvalue weighted by Crippen LogP contribution is -2.46. The summed E-state index contributed by atoms with van der Waals surface area (Å²) in [5.74, 6) is -0.207. The van der Waals surface area contributed by atoms with Crippen molar-refractivity contribution in [2.45, 2.75) is 33.0 Å². The number of hydrogen-bond donors (Lipinski definition) is 3. The van der Waals surface area contributed by atoms with Crippen molar-refractivity contribution in [1.29, 1.82) is 0 Å². The molecule has 1 atom stereocenters. The molecule has 0 aliphatic rings. The number of nitrogens with one attached hydrogen (secondary N) is 3. The van der Waals surface area contributed by atoms with Gasteiger partial charge in [0.05, 0.1) is 0 Å². The van der Waals surface area contributed by atoms with Gasteiger partial charge in [-0.3, -0.25) is 10.1 Å². The number of anilines is 1. The van der Waals surface area contributed by atoms with Crippen molar-refractivity contribution >= 4 is 17.6 Å². The third-order valence-corrected chi connectivity index (χ3v) is 2.94. The second kappa shape index (κ2) is 9.14. The van der Waals surface area contributed by atoms with Crippen LogP contribution >= 0.6 is 0 Å². The van der Waals surface area contributed by atoms with Gasteiger partial charge in [0.1, 0.15) is 11.8 Å².